The van der Waals surface area contributed by atoms with E-state index in [1.807, 2.05) is 18.3 Å². The van der Waals surface area contributed by atoms with Gasteiger partial charge in [-0.2, -0.15) is 0 Å². The van der Waals surface area contributed by atoms with Crippen molar-refractivity contribution in [1.82, 2.24) is 15.6 Å². The zero-order valence-corrected chi connectivity index (χ0v) is 14.4. The number of nitrogens with one attached hydrogen (secondary N) is 2. The molecule has 1 aromatic rings. The molecule has 0 bridgehead atoms. The molecule has 0 unspecified atom stereocenters. The van der Waals surface area contributed by atoms with Crippen molar-refractivity contribution in [2.24, 2.45) is 5.92 Å². The molecule has 0 radical (unpaired) electrons. The lowest BCUT2D eigenvalue weighted by molar-refractivity contribution is -0.0290. The second-order valence-corrected chi connectivity index (χ2v) is 7.31. The van der Waals surface area contributed by atoms with E-state index in [-0.39, 0.29) is 6.03 Å². The Morgan fingerprint density at radius 3 is 2.67 bits per heavy atom. The number of hydrogen-bond donors (Lipinski definition) is 3. The maximum absolute atomic E-state index is 11.8. The highest BCUT2D eigenvalue weighted by molar-refractivity contribution is 5.73. The van der Waals surface area contributed by atoms with E-state index in [0.29, 0.717) is 13.1 Å². The molecule has 24 heavy (non-hydrogen) atoms. The van der Waals surface area contributed by atoms with Crippen molar-refractivity contribution in [3.05, 3.63) is 23.9 Å². The summed E-state index contributed by atoms with van der Waals surface area (Å²) >= 11 is 0. The van der Waals surface area contributed by atoms with Crippen molar-refractivity contribution < 1.29 is 9.90 Å². The van der Waals surface area contributed by atoms with Gasteiger partial charge >= 0.3 is 6.03 Å². The summed E-state index contributed by atoms with van der Waals surface area (Å²) in [5.74, 6) is 1.82. The fourth-order valence-corrected chi connectivity index (χ4v) is 3.20. The molecule has 6 heteroatoms. The normalized spacial score (nSPS) is 20.3. The molecule has 6 nitrogen and oxygen atoms in total. The minimum Gasteiger partial charge on any atom is -0.388 e. The Labute approximate surface area is 143 Å². The van der Waals surface area contributed by atoms with E-state index in [4.69, 9.17) is 0 Å². The number of carbonyl (C=O) groups is 1. The number of anilines is 1. The van der Waals surface area contributed by atoms with Crippen LogP contribution in [0, 0.1) is 5.92 Å². The van der Waals surface area contributed by atoms with Crippen LogP contribution in [0.1, 0.15) is 44.6 Å². The smallest absolute Gasteiger partial charge is 0.315 e. The number of amides is 2. The molecule has 2 amide bonds. The van der Waals surface area contributed by atoms with Crippen LogP contribution in [-0.2, 0) is 6.54 Å². The van der Waals surface area contributed by atoms with Gasteiger partial charge in [-0.05, 0) is 49.7 Å². The standard InChI is InChI=1S/C18H28N4O2/c1-14-5-9-22(10-6-14)16-4-3-15(11-19-16)12-20-17(23)21-13-18(24)7-2-8-18/h3-4,11,14,24H,2,5-10,12-13H2,1H3,(H2,20,21,23). The lowest BCUT2D eigenvalue weighted by Crippen LogP contribution is -2.49. The Morgan fingerprint density at radius 2 is 2.08 bits per heavy atom. The van der Waals surface area contributed by atoms with E-state index in [2.05, 4.69) is 27.4 Å². The third kappa shape index (κ3) is 4.38. The number of hydrogen-bond acceptors (Lipinski definition) is 4. The molecule has 1 saturated carbocycles. The van der Waals surface area contributed by atoms with Crippen molar-refractivity contribution in [3.63, 3.8) is 0 Å². The van der Waals surface area contributed by atoms with E-state index in [9.17, 15) is 9.90 Å². The van der Waals surface area contributed by atoms with Crippen LogP contribution < -0.4 is 15.5 Å². The van der Waals surface area contributed by atoms with Gasteiger partial charge in [0.25, 0.3) is 0 Å². The lowest BCUT2D eigenvalue weighted by atomic mass is 9.80. The molecular formula is C18H28N4O2. The Bertz CT molecular complexity index is 549. The molecule has 1 saturated heterocycles. The molecule has 1 aliphatic carbocycles. The predicted molar refractivity (Wildman–Crippen MR) is 93.9 cm³/mol. The Balaban J connectivity index is 1.41. The van der Waals surface area contributed by atoms with Crippen LogP contribution in [0.25, 0.3) is 0 Å². The van der Waals surface area contributed by atoms with Crippen molar-refractivity contribution >= 4 is 11.8 Å². The second-order valence-electron chi connectivity index (χ2n) is 7.31. The number of aromatic nitrogens is 1. The van der Waals surface area contributed by atoms with Crippen molar-refractivity contribution in [2.45, 2.75) is 51.2 Å². The summed E-state index contributed by atoms with van der Waals surface area (Å²) in [6.45, 7) is 5.19. The molecule has 1 aromatic heterocycles. The largest absolute Gasteiger partial charge is 0.388 e. The first-order valence-corrected chi connectivity index (χ1v) is 8.98. The maximum atomic E-state index is 11.8. The number of pyridine rings is 1. The fraction of sp³-hybridized carbons (Fsp3) is 0.667. The van der Waals surface area contributed by atoms with Crippen LogP contribution in [0.15, 0.2) is 18.3 Å². The molecule has 2 aliphatic rings. The summed E-state index contributed by atoms with van der Waals surface area (Å²) in [6, 6.07) is 3.80. The molecule has 0 aromatic carbocycles. The van der Waals surface area contributed by atoms with Gasteiger partial charge in [0.1, 0.15) is 5.82 Å². The zero-order valence-electron chi connectivity index (χ0n) is 14.4. The van der Waals surface area contributed by atoms with Gasteiger partial charge in [-0.1, -0.05) is 13.0 Å². The molecule has 132 valence electrons. The quantitative estimate of drug-likeness (QED) is 0.771. The van der Waals surface area contributed by atoms with E-state index >= 15 is 0 Å². The summed E-state index contributed by atoms with van der Waals surface area (Å²) in [7, 11) is 0. The highest BCUT2D eigenvalue weighted by Gasteiger charge is 2.34. The molecular weight excluding hydrogens is 304 g/mol. The first-order valence-electron chi connectivity index (χ1n) is 8.98. The van der Waals surface area contributed by atoms with Crippen LogP contribution in [-0.4, -0.2) is 41.4 Å². The number of piperidine rings is 1. The number of aliphatic hydroxyl groups is 1. The van der Waals surface area contributed by atoms with Gasteiger partial charge in [0, 0.05) is 32.4 Å². The van der Waals surface area contributed by atoms with Crippen molar-refractivity contribution in [1.29, 1.82) is 0 Å². The average Bonchev–Trinajstić information content (AvgIpc) is 2.57. The van der Waals surface area contributed by atoms with Gasteiger partial charge in [0.05, 0.1) is 5.60 Å². The van der Waals surface area contributed by atoms with Crippen molar-refractivity contribution in [3.8, 4) is 0 Å². The lowest BCUT2D eigenvalue weighted by Gasteiger charge is -2.36. The van der Waals surface area contributed by atoms with Gasteiger partial charge < -0.3 is 20.6 Å². The predicted octanol–water partition coefficient (Wildman–Crippen LogP) is 2.03. The topological polar surface area (TPSA) is 77.5 Å². The first kappa shape index (κ1) is 17.0. The zero-order chi connectivity index (χ0) is 17.0. The molecule has 3 N–H and O–H groups in total. The Morgan fingerprint density at radius 1 is 1.33 bits per heavy atom. The molecule has 0 atom stereocenters. The van der Waals surface area contributed by atoms with Crippen molar-refractivity contribution in [2.75, 3.05) is 24.5 Å². The van der Waals surface area contributed by atoms with Crippen LogP contribution in [0.5, 0.6) is 0 Å². The summed E-state index contributed by atoms with van der Waals surface area (Å²) in [6.07, 6.45) is 6.84. The number of nitrogens with zero attached hydrogens (tertiary/aromatic N) is 2. The molecule has 3 rings (SSSR count). The van der Waals surface area contributed by atoms with Gasteiger partial charge in [-0.15, -0.1) is 0 Å². The highest BCUT2D eigenvalue weighted by Crippen LogP contribution is 2.30. The summed E-state index contributed by atoms with van der Waals surface area (Å²) in [5, 5.41) is 15.5. The first-order chi connectivity index (χ1) is 11.5. The van der Waals surface area contributed by atoms with E-state index in [1.54, 1.807) is 0 Å². The van der Waals surface area contributed by atoms with Gasteiger partial charge in [0.2, 0.25) is 0 Å². The number of urea groups is 1. The molecule has 0 spiro atoms. The molecule has 2 fully saturated rings. The third-order valence-electron chi connectivity index (χ3n) is 5.23. The van der Waals surface area contributed by atoms with Gasteiger partial charge in [0.15, 0.2) is 0 Å². The third-order valence-corrected chi connectivity index (χ3v) is 5.23. The SMILES string of the molecule is CC1CCN(c2ccc(CNC(=O)NCC3(O)CCC3)cn2)CC1. The van der Waals surface area contributed by atoms with E-state index in [0.717, 1.165) is 49.7 Å². The summed E-state index contributed by atoms with van der Waals surface area (Å²) in [4.78, 5) is 18.6. The van der Waals surface area contributed by atoms with Crippen LogP contribution in [0.4, 0.5) is 10.6 Å². The van der Waals surface area contributed by atoms with Crippen LogP contribution >= 0.6 is 0 Å². The minimum atomic E-state index is -0.688. The highest BCUT2D eigenvalue weighted by atomic mass is 16.3. The van der Waals surface area contributed by atoms with Gasteiger partial charge in [-0.25, -0.2) is 9.78 Å². The molecule has 1 aliphatic heterocycles. The Kier molecular flexibility index (Phi) is 5.23. The monoisotopic (exact) mass is 332 g/mol. The van der Waals surface area contributed by atoms with E-state index in [1.165, 1.54) is 12.8 Å². The second kappa shape index (κ2) is 7.38. The maximum Gasteiger partial charge on any atom is 0.315 e. The summed E-state index contributed by atoms with van der Waals surface area (Å²) in [5.41, 5.74) is 0.286. The van der Waals surface area contributed by atoms with E-state index < -0.39 is 5.60 Å². The van der Waals surface area contributed by atoms with Gasteiger partial charge in [-0.3, -0.25) is 0 Å². The summed E-state index contributed by atoms with van der Waals surface area (Å²) < 4.78 is 0. The fourth-order valence-electron chi connectivity index (χ4n) is 3.20. The molecule has 2 heterocycles. The average molecular weight is 332 g/mol. The number of carbonyl (C=O) groups excluding carboxylic acids is 1. The van der Waals surface area contributed by atoms with Crippen LogP contribution in [0.3, 0.4) is 0 Å². The van der Waals surface area contributed by atoms with Crippen LogP contribution in [0.2, 0.25) is 0 Å². The minimum absolute atomic E-state index is 0.246. The number of rotatable bonds is 5. The Hall–Kier alpha value is -1.82.